The lowest BCUT2D eigenvalue weighted by Crippen LogP contribution is -2.68. The van der Waals surface area contributed by atoms with Crippen molar-refractivity contribution in [2.75, 3.05) is 18.1 Å². The molecule has 1 aliphatic carbocycles. The summed E-state index contributed by atoms with van der Waals surface area (Å²) in [5, 5.41) is 3.81. The number of nitrogens with one attached hydrogen (secondary N) is 1. The van der Waals surface area contributed by atoms with Crippen LogP contribution in [0.1, 0.15) is 20.3 Å². The fourth-order valence-electron chi connectivity index (χ4n) is 3.25. The van der Waals surface area contributed by atoms with Gasteiger partial charge in [-0.05, 0) is 6.42 Å². The molecule has 14 heavy (non-hydrogen) atoms. The zero-order chi connectivity index (χ0) is 9.76. The third kappa shape index (κ3) is 1.18. The fourth-order valence-corrected chi connectivity index (χ4v) is 3.91. The standard InChI is InChI=1S/C11H19NOS/c1-11(2)9(12-7-5-14-6-7)8-3-4-13-10(8)11/h7-10,12H,3-6H2,1-2H3. The lowest BCUT2D eigenvalue weighted by molar-refractivity contribution is -0.114. The Kier molecular flexibility index (Phi) is 2.12. The van der Waals surface area contributed by atoms with Gasteiger partial charge in [0.1, 0.15) is 0 Å². The Balaban J connectivity index is 1.66. The summed E-state index contributed by atoms with van der Waals surface area (Å²) in [6.45, 7) is 5.68. The molecule has 3 heteroatoms. The third-order valence-electron chi connectivity index (χ3n) is 4.15. The highest BCUT2D eigenvalue weighted by atomic mass is 32.2. The normalized spacial score (nSPS) is 45.4. The molecular weight excluding hydrogens is 194 g/mol. The zero-order valence-electron chi connectivity index (χ0n) is 8.95. The first kappa shape index (κ1) is 9.49. The molecule has 3 fully saturated rings. The van der Waals surface area contributed by atoms with Crippen LogP contribution in [-0.4, -0.2) is 36.3 Å². The summed E-state index contributed by atoms with van der Waals surface area (Å²) in [4.78, 5) is 0. The molecule has 2 aliphatic heterocycles. The van der Waals surface area contributed by atoms with Crippen molar-refractivity contribution >= 4 is 11.8 Å². The molecule has 2 nitrogen and oxygen atoms in total. The highest BCUT2D eigenvalue weighted by Crippen LogP contribution is 2.52. The maximum absolute atomic E-state index is 5.79. The molecular formula is C11H19NOS. The lowest BCUT2D eigenvalue weighted by atomic mass is 9.57. The second kappa shape index (κ2) is 3.13. The summed E-state index contributed by atoms with van der Waals surface area (Å²) in [5.41, 5.74) is 0.363. The van der Waals surface area contributed by atoms with E-state index in [0.29, 0.717) is 17.6 Å². The first-order valence-corrected chi connectivity index (χ1v) is 6.80. The van der Waals surface area contributed by atoms with Crippen LogP contribution in [0, 0.1) is 11.3 Å². The van der Waals surface area contributed by atoms with E-state index < -0.39 is 0 Å². The summed E-state index contributed by atoms with van der Waals surface area (Å²) in [5.74, 6) is 3.42. The Bertz CT molecular complexity index is 239. The van der Waals surface area contributed by atoms with Gasteiger partial charge in [-0.25, -0.2) is 0 Å². The molecule has 0 spiro atoms. The van der Waals surface area contributed by atoms with E-state index in [-0.39, 0.29) is 0 Å². The van der Waals surface area contributed by atoms with Gasteiger partial charge in [0.2, 0.25) is 0 Å². The van der Waals surface area contributed by atoms with Crippen LogP contribution in [0.5, 0.6) is 0 Å². The average molecular weight is 213 g/mol. The number of hydrogen-bond donors (Lipinski definition) is 1. The van der Waals surface area contributed by atoms with Crippen LogP contribution in [0.25, 0.3) is 0 Å². The third-order valence-corrected chi connectivity index (χ3v) is 5.43. The van der Waals surface area contributed by atoms with E-state index in [2.05, 4.69) is 30.9 Å². The predicted octanol–water partition coefficient (Wildman–Crippen LogP) is 1.50. The zero-order valence-corrected chi connectivity index (χ0v) is 9.77. The SMILES string of the molecule is CC1(C)C(NC2CSC2)C2CCOC21. The van der Waals surface area contributed by atoms with E-state index in [1.54, 1.807) is 0 Å². The van der Waals surface area contributed by atoms with E-state index in [1.807, 2.05) is 0 Å². The number of rotatable bonds is 2. The molecule has 80 valence electrons. The molecule has 0 aromatic carbocycles. The van der Waals surface area contributed by atoms with E-state index in [4.69, 9.17) is 4.74 Å². The molecule has 3 atom stereocenters. The molecule has 3 unspecified atom stereocenters. The summed E-state index contributed by atoms with van der Waals surface area (Å²) >= 11 is 2.05. The molecule has 2 heterocycles. The van der Waals surface area contributed by atoms with E-state index in [0.717, 1.165) is 18.6 Å². The van der Waals surface area contributed by atoms with Gasteiger partial charge < -0.3 is 10.1 Å². The van der Waals surface area contributed by atoms with Gasteiger partial charge in [-0.2, -0.15) is 11.8 Å². The topological polar surface area (TPSA) is 21.3 Å². The molecule has 0 radical (unpaired) electrons. The highest BCUT2D eigenvalue weighted by molar-refractivity contribution is 8.00. The van der Waals surface area contributed by atoms with Crippen LogP contribution >= 0.6 is 11.8 Å². The molecule has 1 saturated carbocycles. The fraction of sp³-hybridized carbons (Fsp3) is 1.00. The van der Waals surface area contributed by atoms with Gasteiger partial charge in [-0.3, -0.25) is 0 Å². The van der Waals surface area contributed by atoms with Crippen molar-refractivity contribution in [3.63, 3.8) is 0 Å². The van der Waals surface area contributed by atoms with Gasteiger partial charge in [-0.15, -0.1) is 0 Å². The summed E-state index contributed by atoms with van der Waals surface area (Å²) in [6, 6.07) is 1.49. The number of hydrogen-bond acceptors (Lipinski definition) is 3. The van der Waals surface area contributed by atoms with Crippen LogP contribution < -0.4 is 5.32 Å². The van der Waals surface area contributed by atoms with E-state index in [1.165, 1.54) is 17.9 Å². The van der Waals surface area contributed by atoms with Crippen molar-refractivity contribution < 1.29 is 4.74 Å². The van der Waals surface area contributed by atoms with Gasteiger partial charge in [0, 0.05) is 41.5 Å². The first-order valence-electron chi connectivity index (χ1n) is 5.65. The van der Waals surface area contributed by atoms with Gasteiger partial charge in [0.25, 0.3) is 0 Å². The van der Waals surface area contributed by atoms with Crippen molar-refractivity contribution in [3.8, 4) is 0 Å². The number of thioether (sulfide) groups is 1. The Labute approximate surface area is 90.2 Å². The van der Waals surface area contributed by atoms with Crippen LogP contribution in [0.4, 0.5) is 0 Å². The molecule has 1 N–H and O–H groups in total. The van der Waals surface area contributed by atoms with Crippen LogP contribution in [0.15, 0.2) is 0 Å². The Hall–Kier alpha value is 0.270. The molecule has 3 rings (SSSR count). The minimum absolute atomic E-state index is 0.363. The highest BCUT2D eigenvalue weighted by Gasteiger charge is 2.59. The van der Waals surface area contributed by atoms with Crippen molar-refractivity contribution in [2.24, 2.45) is 11.3 Å². The number of fused-ring (bicyclic) bond motifs is 1. The second-order valence-electron chi connectivity index (χ2n) is 5.44. The molecule has 0 amide bonds. The second-order valence-corrected chi connectivity index (χ2v) is 6.52. The summed E-state index contributed by atoms with van der Waals surface area (Å²) in [6.07, 6.45) is 1.80. The van der Waals surface area contributed by atoms with Gasteiger partial charge in [-0.1, -0.05) is 13.8 Å². The minimum atomic E-state index is 0.363. The van der Waals surface area contributed by atoms with Gasteiger partial charge in [0.15, 0.2) is 0 Å². The first-order chi connectivity index (χ1) is 6.69. The van der Waals surface area contributed by atoms with E-state index >= 15 is 0 Å². The molecule has 2 saturated heterocycles. The minimum Gasteiger partial charge on any atom is -0.377 e. The maximum Gasteiger partial charge on any atom is 0.0685 e. The van der Waals surface area contributed by atoms with Gasteiger partial charge >= 0.3 is 0 Å². The monoisotopic (exact) mass is 213 g/mol. The Morgan fingerprint density at radius 2 is 2.14 bits per heavy atom. The van der Waals surface area contributed by atoms with Crippen molar-refractivity contribution in [3.05, 3.63) is 0 Å². The van der Waals surface area contributed by atoms with Crippen LogP contribution in [-0.2, 0) is 4.74 Å². The van der Waals surface area contributed by atoms with Crippen molar-refractivity contribution in [1.29, 1.82) is 0 Å². The lowest BCUT2D eigenvalue weighted by Gasteiger charge is -2.56. The van der Waals surface area contributed by atoms with Gasteiger partial charge in [0.05, 0.1) is 6.10 Å². The van der Waals surface area contributed by atoms with E-state index in [9.17, 15) is 0 Å². The Morgan fingerprint density at radius 1 is 1.36 bits per heavy atom. The van der Waals surface area contributed by atoms with Crippen LogP contribution in [0.2, 0.25) is 0 Å². The quantitative estimate of drug-likeness (QED) is 0.751. The van der Waals surface area contributed by atoms with Crippen molar-refractivity contribution in [2.45, 2.75) is 38.5 Å². The summed E-state index contributed by atoms with van der Waals surface area (Å²) < 4.78 is 5.79. The smallest absolute Gasteiger partial charge is 0.0685 e. The van der Waals surface area contributed by atoms with Crippen LogP contribution in [0.3, 0.4) is 0 Å². The molecule has 3 aliphatic rings. The maximum atomic E-state index is 5.79. The molecule has 0 aromatic rings. The molecule has 0 aromatic heterocycles. The Morgan fingerprint density at radius 3 is 2.79 bits per heavy atom. The number of ether oxygens (including phenoxy) is 1. The average Bonchev–Trinajstić information content (AvgIpc) is 2.47. The summed E-state index contributed by atoms with van der Waals surface area (Å²) in [7, 11) is 0. The predicted molar refractivity (Wildman–Crippen MR) is 59.7 cm³/mol. The molecule has 0 bridgehead atoms. The largest absolute Gasteiger partial charge is 0.377 e. The van der Waals surface area contributed by atoms with Crippen molar-refractivity contribution in [1.82, 2.24) is 5.32 Å².